The van der Waals surface area contributed by atoms with Gasteiger partial charge in [0.05, 0.1) is 0 Å². The fraction of sp³-hybridized carbons (Fsp3) is 0.438. The van der Waals surface area contributed by atoms with Crippen molar-refractivity contribution in [3.8, 4) is 0 Å². The van der Waals surface area contributed by atoms with Crippen LogP contribution in [0.4, 0.5) is 4.39 Å². The normalized spacial score (nSPS) is 28.0. The largest absolute Gasteiger partial charge is 0.451 e. The maximum absolute atomic E-state index is 13.2. The Labute approximate surface area is 121 Å². The van der Waals surface area contributed by atoms with Gasteiger partial charge in [-0.25, -0.2) is 4.39 Å². The predicted octanol–water partition coefficient (Wildman–Crippen LogP) is 2.40. The quantitative estimate of drug-likeness (QED) is 0.923. The fourth-order valence-corrected chi connectivity index (χ4v) is 3.49. The molecule has 3 saturated heterocycles. The number of nitrogens with one attached hydrogen (secondary N) is 1. The van der Waals surface area contributed by atoms with Gasteiger partial charge < -0.3 is 14.6 Å². The number of hydrogen-bond acceptors (Lipinski definition) is 3. The zero-order valence-electron chi connectivity index (χ0n) is 11.6. The SMILES string of the molecule is O=C(NC1CN2CCC1CC2)c1cc2cc(F)ccc2o1. The lowest BCUT2D eigenvalue weighted by molar-refractivity contribution is 0.0607. The van der Waals surface area contributed by atoms with Crippen LogP contribution < -0.4 is 5.32 Å². The van der Waals surface area contributed by atoms with E-state index in [9.17, 15) is 9.18 Å². The third-order valence-electron chi connectivity index (χ3n) is 4.67. The van der Waals surface area contributed by atoms with Gasteiger partial charge in [-0.3, -0.25) is 4.79 Å². The van der Waals surface area contributed by atoms with Gasteiger partial charge in [0.2, 0.25) is 0 Å². The third kappa shape index (κ3) is 2.31. The first kappa shape index (κ1) is 12.8. The Balaban J connectivity index is 1.53. The zero-order chi connectivity index (χ0) is 14.4. The van der Waals surface area contributed by atoms with Gasteiger partial charge in [-0.05, 0) is 56.1 Å². The van der Waals surface area contributed by atoms with E-state index >= 15 is 0 Å². The summed E-state index contributed by atoms with van der Waals surface area (Å²) in [6, 6.07) is 6.07. The number of amides is 1. The molecule has 110 valence electrons. The summed E-state index contributed by atoms with van der Waals surface area (Å²) in [5, 5.41) is 3.69. The number of fused-ring (bicyclic) bond motifs is 4. The van der Waals surface area contributed by atoms with Crippen LogP contribution in [0.5, 0.6) is 0 Å². The number of hydrogen-bond donors (Lipinski definition) is 1. The van der Waals surface area contributed by atoms with Crippen molar-refractivity contribution in [2.75, 3.05) is 19.6 Å². The lowest BCUT2D eigenvalue weighted by Gasteiger charge is -2.44. The van der Waals surface area contributed by atoms with E-state index in [0.29, 0.717) is 16.9 Å². The molecule has 0 spiro atoms. The van der Waals surface area contributed by atoms with E-state index < -0.39 is 0 Å². The summed E-state index contributed by atoms with van der Waals surface area (Å²) in [7, 11) is 0. The summed E-state index contributed by atoms with van der Waals surface area (Å²) >= 11 is 0. The molecule has 4 nitrogen and oxygen atoms in total. The molecule has 4 heterocycles. The second-order valence-electron chi connectivity index (χ2n) is 6.01. The van der Waals surface area contributed by atoms with Gasteiger partial charge in [-0.15, -0.1) is 0 Å². The van der Waals surface area contributed by atoms with Crippen molar-refractivity contribution in [2.24, 2.45) is 5.92 Å². The van der Waals surface area contributed by atoms with Crippen molar-refractivity contribution in [3.63, 3.8) is 0 Å². The van der Waals surface area contributed by atoms with E-state index in [2.05, 4.69) is 10.2 Å². The Bertz CT molecular complexity index is 689. The molecule has 0 radical (unpaired) electrons. The lowest BCUT2D eigenvalue weighted by Crippen LogP contribution is -2.57. The molecule has 2 aromatic rings. The second-order valence-corrected chi connectivity index (χ2v) is 6.01. The molecular formula is C16H17FN2O2. The van der Waals surface area contributed by atoms with Gasteiger partial charge in [0.25, 0.3) is 5.91 Å². The maximum Gasteiger partial charge on any atom is 0.287 e. The van der Waals surface area contributed by atoms with Crippen LogP contribution in [0.1, 0.15) is 23.4 Å². The van der Waals surface area contributed by atoms with E-state index in [0.717, 1.165) is 32.5 Å². The Morgan fingerprint density at radius 1 is 1.29 bits per heavy atom. The molecule has 1 amide bonds. The van der Waals surface area contributed by atoms with Crippen LogP contribution in [0, 0.1) is 11.7 Å². The zero-order valence-corrected chi connectivity index (χ0v) is 11.6. The Morgan fingerprint density at radius 2 is 2.10 bits per heavy atom. The van der Waals surface area contributed by atoms with Crippen molar-refractivity contribution < 1.29 is 13.6 Å². The van der Waals surface area contributed by atoms with E-state index in [1.165, 1.54) is 12.1 Å². The van der Waals surface area contributed by atoms with Crippen molar-refractivity contribution in [1.82, 2.24) is 10.2 Å². The van der Waals surface area contributed by atoms with Gasteiger partial charge in [0.1, 0.15) is 11.4 Å². The number of benzene rings is 1. The molecule has 3 aliphatic rings. The Hall–Kier alpha value is -1.88. The first-order valence-corrected chi connectivity index (χ1v) is 7.41. The topological polar surface area (TPSA) is 45.5 Å². The second kappa shape index (κ2) is 4.84. The van der Waals surface area contributed by atoms with Crippen molar-refractivity contribution >= 4 is 16.9 Å². The highest BCUT2D eigenvalue weighted by Gasteiger charge is 2.35. The molecule has 1 aromatic carbocycles. The number of halogens is 1. The van der Waals surface area contributed by atoms with Crippen LogP contribution in [0.2, 0.25) is 0 Å². The smallest absolute Gasteiger partial charge is 0.287 e. The summed E-state index contributed by atoms with van der Waals surface area (Å²) in [6.45, 7) is 3.20. The molecule has 1 atom stereocenters. The van der Waals surface area contributed by atoms with E-state index in [1.807, 2.05) is 0 Å². The van der Waals surface area contributed by atoms with Gasteiger partial charge in [0.15, 0.2) is 5.76 Å². The van der Waals surface area contributed by atoms with E-state index in [-0.39, 0.29) is 23.5 Å². The summed E-state index contributed by atoms with van der Waals surface area (Å²) in [4.78, 5) is 14.7. The average molecular weight is 288 g/mol. The number of piperidine rings is 3. The minimum absolute atomic E-state index is 0.199. The first-order valence-electron chi connectivity index (χ1n) is 7.41. The van der Waals surface area contributed by atoms with Crippen LogP contribution >= 0.6 is 0 Å². The summed E-state index contributed by atoms with van der Waals surface area (Å²) in [5.41, 5.74) is 0.537. The number of rotatable bonds is 2. The van der Waals surface area contributed by atoms with Crippen molar-refractivity contribution in [3.05, 3.63) is 35.8 Å². The molecule has 1 unspecified atom stereocenters. The molecule has 5 rings (SSSR count). The third-order valence-corrected chi connectivity index (χ3v) is 4.67. The molecule has 0 aliphatic carbocycles. The molecule has 5 heteroatoms. The fourth-order valence-electron chi connectivity index (χ4n) is 3.49. The molecule has 0 saturated carbocycles. The summed E-state index contributed by atoms with van der Waals surface area (Å²) < 4.78 is 18.7. The molecule has 1 N–H and O–H groups in total. The molecule has 2 bridgehead atoms. The van der Waals surface area contributed by atoms with Crippen LogP contribution in [0.3, 0.4) is 0 Å². The minimum atomic E-state index is -0.326. The minimum Gasteiger partial charge on any atom is -0.451 e. The van der Waals surface area contributed by atoms with E-state index in [4.69, 9.17) is 4.42 Å². The highest BCUT2D eigenvalue weighted by Crippen LogP contribution is 2.28. The van der Waals surface area contributed by atoms with E-state index in [1.54, 1.807) is 12.1 Å². The van der Waals surface area contributed by atoms with Crippen LogP contribution in [0.15, 0.2) is 28.7 Å². The number of furan rings is 1. The highest BCUT2D eigenvalue weighted by molar-refractivity contribution is 5.96. The molecule has 21 heavy (non-hydrogen) atoms. The molecule has 3 fully saturated rings. The summed E-state index contributed by atoms with van der Waals surface area (Å²) in [6.07, 6.45) is 2.30. The first-order chi connectivity index (χ1) is 10.2. The van der Waals surface area contributed by atoms with Crippen LogP contribution in [0.25, 0.3) is 11.0 Å². The Morgan fingerprint density at radius 3 is 2.81 bits per heavy atom. The number of carbonyl (C=O) groups is 1. The monoisotopic (exact) mass is 288 g/mol. The van der Waals surface area contributed by atoms with Gasteiger partial charge in [-0.1, -0.05) is 0 Å². The number of nitrogens with zero attached hydrogens (tertiary/aromatic N) is 1. The molecule has 1 aromatic heterocycles. The summed E-state index contributed by atoms with van der Waals surface area (Å²) in [5.74, 6) is 0.297. The van der Waals surface area contributed by atoms with Gasteiger partial charge in [-0.2, -0.15) is 0 Å². The lowest BCUT2D eigenvalue weighted by atomic mass is 9.84. The number of carbonyl (C=O) groups excluding carboxylic acids is 1. The van der Waals surface area contributed by atoms with Crippen LogP contribution in [-0.4, -0.2) is 36.5 Å². The van der Waals surface area contributed by atoms with Crippen molar-refractivity contribution in [1.29, 1.82) is 0 Å². The van der Waals surface area contributed by atoms with Gasteiger partial charge >= 0.3 is 0 Å². The Kier molecular flexibility index (Phi) is 2.96. The van der Waals surface area contributed by atoms with Crippen molar-refractivity contribution in [2.45, 2.75) is 18.9 Å². The molecule has 3 aliphatic heterocycles. The molecular weight excluding hydrogens is 271 g/mol. The van der Waals surface area contributed by atoms with Gasteiger partial charge in [0, 0.05) is 18.0 Å². The van der Waals surface area contributed by atoms with Crippen LogP contribution in [-0.2, 0) is 0 Å². The standard InChI is InChI=1S/C16H17FN2O2/c17-12-1-2-14-11(7-12)8-15(21-14)16(20)18-13-9-19-5-3-10(13)4-6-19/h1-2,7-8,10,13H,3-6,9H2,(H,18,20). The highest BCUT2D eigenvalue weighted by atomic mass is 19.1. The predicted molar refractivity (Wildman–Crippen MR) is 76.6 cm³/mol. The average Bonchev–Trinajstić information content (AvgIpc) is 2.91. The maximum atomic E-state index is 13.2.